The van der Waals surface area contributed by atoms with E-state index in [9.17, 15) is 0 Å². The van der Waals surface area contributed by atoms with Crippen molar-refractivity contribution in [3.63, 3.8) is 0 Å². The minimum absolute atomic E-state index is 0.0475. The maximum Gasteiger partial charge on any atom is 0.0823 e. The fourth-order valence-corrected chi connectivity index (χ4v) is 2.51. The Kier molecular flexibility index (Phi) is 8.39. The largest absolute Gasteiger partial charge is 0.385 e. The predicted octanol–water partition coefficient (Wildman–Crippen LogP) is 2.00. The number of halogens is 1. The molecule has 0 aromatic carbocycles. The molecule has 1 heterocycles. The van der Waals surface area contributed by atoms with Crippen molar-refractivity contribution in [1.29, 1.82) is 0 Å². The number of rotatable bonds is 9. The summed E-state index contributed by atoms with van der Waals surface area (Å²) in [7, 11) is 1.70. The zero-order valence-electron chi connectivity index (χ0n) is 10.6. The van der Waals surface area contributed by atoms with E-state index in [4.69, 9.17) is 18.9 Å². The molecule has 0 aromatic heterocycles. The summed E-state index contributed by atoms with van der Waals surface area (Å²) in [5.74, 6) is 0. The van der Waals surface area contributed by atoms with Crippen molar-refractivity contribution in [2.45, 2.75) is 24.9 Å². The van der Waals surface area contributed by atoms with E-state index in [1.165, 1.54) is 0 Å². The van der Waals surface area contributed by atoms with Crippen LogP contribution in [0.15, 0.2) is 0 Å². The lowest BCUT2D eigenvalue weighted by molar-refractivity contribution is -0.107. The summed E-state index contributed by atoms with van der Waals surface area (Å²) in [5, 5.41) is 0.868. The lowest BCUT2D eigenvalue weighted by Gasteiger charge is -2.35. The fraction of sp³-hybridized carbons (Fsp3) is 1.00. The number of ether oxygens (including phenoxy) is 4. The Morgan fingerprint density at radius 3 is 2.53 bits per heavy atom. The lowest BCUT2D eigenvalue weighted by atomic mass is 9.97. The minimum atomic E-state index is -0.0475. The van der Waals surface area contributed by atoms with Gasteiger partial charge in [0, 0.05) is 51.7 Å². The van der Waals surface area contributed by atoms with Gasteiger partial charge >= 0.3 is 0 Å². The van der Waals surface area contributed by atoms with Crippen LogP contribution in [-0.4, -0.2) is 57.7 Å². The van der Waals surface area contributed by atoms with Crippen LogP contribution in [0.5, 0.6) is 0 Å². The van der Waals surface area contributed by atoms with Crippen LogP contribution in [0.1, 0.15) is 19.3 Å². The molecule has 1 rings (SSSR count). The monoisotopic (exact) mass is 310 g/mol. The second kappa shape index (κ2) is 9.28. The van der Waals surface area contributed by atoms with Gasteiger partial charge in [0.1, 0.15) is 0 Å². The van der Waals surface area contributed by atoms with Crippen LogP contribution in [0.25, 0.3) is 0 Å². The van der Waals surface area contributed by atoms with E-state index in [0.29, 0.717) is 13.2 Å². The van der Waals surface area contributed by atoms with Crippen molar-refractivity contribution in [3.8, 4) is 0 Å². The molecule has 0 atom stereocenters. The van der Waals surface area contributed by atoms with Gasteiger partial charge in [-0.2, -0.15) is 0 Å². The molecular formula is C12H23BrO4. The number of hydrogen-bond donors (Lipinski definition) is 0. The topological polar surface area (TPSA) is 36.9 Å². The highest BCUT2D eigenvalue weighted by Crippen LogP contribution is 2.27. The van der Waals surface area contributed by atoms with E-state index in [-0.39, 0.29) is 5.60 Å². The second-order valence-electron chi connectivity index (χ2n) is 4.24. The maximum absolute atomic E-state index is 5.94. The summed E-state index contributed by atoms with van der Waals surface area (Å²) in [4.78, 5) is 0. The first-order valence-electron chi connectivity index (χ1n) is 6.17. The maximum atomic E-state index is 5.94. The van der Waals surface area contributed by atoms with Crippen LogP contribution in [0.4, 0.5) is 0 Å². The molecule has 17 heavy (non-hydrogen) atoms. The summed E-state index contributed by atoms with van der Waals surface area (Å²) in [5.41, 5.74) is -0.0475. The van der Waals surface area contributed by atoms with Crippen LogP contribution < -0.4 is 0 Å². The van der Waals surface area contributed by atoms with Crippen molar-refractivity contribution in [3.05, 3.63) is 0 Å². The lowest BCUT2D eigenvalue weighted by Crippen LogP contribution is -2.41. The standard InChI is InChI=1S/C12H23BrO4/c1-14-5-2-6-15-9-10-17-12(11-13)3-7-16-8-4-12/h2-11H2,1H3. The molecule has 102 valence electrons. The minimum Gasteiger partial charge on any atom is -0.385 e. The van der Waals surface area contributed by atoms with Crippen LogP contribution >= 0.6 is 15.9 Å². The molecule has 0 bridgehead atoms. The molecule has 0 aromatic rings. The summed E-state index contributed by atoms with van der Waals surface area (Å²) in [6.45, 7) is 4.38. The Balaban J connectivity index is 2.03. The third-order valence-electron chi connectivity index (χ3n) is 2.92. The van der Waals surface area contributed by atoms with Gasteiger partial charge in [0.15, 0.2) is 0 Å². The van der Waals surface area contributed by atoms with Crippen LogP contribution in [0.2, 0.25) is 0 Å². The van der Waals surface area contributed by atoms with Crippen molar-refractivity contribution < 1.29 is 18.9 Å². The SMILES string of the molecule is COCCCOCCOC1(CBr)CCOCC1. The van der Waals surface area contributed by atoms with Crippen molar-refractivity contribution in [2.24, 2.45) is 0 Å². The molecule has 1 aliphatic rings. The van der Waals surface area contributed by atoms with Gasteiger partial charge in [-0.05, 0) is 6.42 Å². The van der Waals surface area contributed by atoms with Crippen molar-refractivity contribution in [2.75, 3.05) is 52.1 Å². The number of methoxy groups -OCH3 is 1. The molecule has 0 aliphatic carbocycles. The van der Waals surface area contributed by atoms with Crippen LogP contribution in [-0.2, 0) is 18.9 Å². The predicted molar refractivity (Wildman–Crippen MR) is 69.8 cm³/mol. The van der Waals surface area contributed by atoms with Crippen LogP contribution in [0, 0.1) is 0 Å². The number of hydrogen-bond acceptors (Lipinski definition) is 4. The highest BCUT2D eigenvalue weighted by Gasteiger charge is 2.32. The van der Waals surface area contributed by atoms with E-state index >= 15 is 0 Å². The molecule has 1 aliphatic heterocycles. The van der Waals surface area contributed by atoms with Gasteiger partial charge in [0.25, 0.3) is 0 Å². The number of alkyl halides is 1. The van der Waals surface area contributed by atoms with Gasteiger partial charge in [-0.3, -0.25) is 0 Å². The average molecular weight is 311 g/mol. The zero-order chi connectivity index (χ0) is 12.4. The highest BCUT2D eigenvalue weighted by molar-refractivity contribution is 9.09. The molecule has 0 N–H and O–H groups in total. The Hall–Kier alpha value is 0.320. The Bertz CT molecular complexity index is 183. The van der Waals surface area contributed by atoms with Crippen molar-refractivity contribution >= 4 is 15.9 Å². The van der Waals surface area contributed by atoms with Gasteiger partial charge in [-0.25, -0.2) is 0 Å². The normalized spacial score (nSPS) is 19.4. The summed E-state index contributed by atoms with van der Waals surface area (Å²) in [6, 6.07) is 0. The molecule has 0 saturated carbocycles. The first-order valence-corrected chi connectivity index (χ1v) is 7.29. The van der Waals surface area contributed by atoms with Gasteiger partial charge in [0.05, 0.1) is 18.8 Å². The zero-order valence-corrected chi connectivity index (χ0v) is 12.2. The summed E-state index contributed by atoms with van der Waals surface area (Å²) >= 11 is 3.53. The van der Waals surface area contributed by atoms with Gasteiger partial charge in [-0.15, -0.1) is 0 Å². The van der Waals surface area contributed by atoms with E-state index in [2.05, 4.69) is 15.9 Å². The first-order chi connectivity index (χ1) is 8.33. The van der Waals surface area contributed by atoms with Crippen LogP contribution in [0.3, 0.4) is 0 Å². The average Bonchev–Trinajstić information content (AvgIpc) is 2.39. The van der Waals surface area contributed by atoms with Crippen molar-refractivity contribution in [1.82, 2.24) is 0 Å². The smallest absolute Gasteiger partial charge is 0.0823 e. The van der Waals surface area contributed by atoms with Gasteiger partial charge in [0.2, 0.25) is 0 Å². The molecule has 4 nitrogen and oxygen atoms in total. The molecule has 1 saturated heterocycles. The van der Waals surface area contributed by atoms with E-state index in [0.717, 1.165) is 51.0 Å². The Morgan fingerprint density at radius 2 is 1.88 bits per heavy atom. The van der Waals surface area contributed by atoms with E-state index in [1.807, 2.05) is 0 Å². The third kappa shape index (κ3) is 6.15. The summed E-state index contributed by atoms with van der Waals surface area (Å²) in [6.07, 6.45) is 2.86. The molecule has 0 spiro atoms. The molecule has 1 fully saturated rings. The first kappa shape index (κ1) is 15.4. The van der Waals surface area contributed by atoms with E-state index in [1.54, 1.807) is 7.11 Å². The van der Waals surface area contributed by atoms with Gasteiger partial charge in [-0.1, -0.05) is 15.9 Å². The summed E-state index contributed by atoms with van der Waals surface area (Å²) < 4.78 is 21.7. The molecule has 0 amide bonds. The second-order valence-corrected chi connectivity index (χ2v) is 4.80. The molecular weight excluding hydrogens is 288 g/mol. The molecule has 0 unspecified atom stereocenters. The Morgan fingerprint density at radius 1 is 1.12 bits per heavy atom. The molecule has 5 heteroatoms. The molecule has 0 radical (unpaired) electrons. The highest BCUT2D eigenvalue weighted by atomic mass is 79.9. The van der Waals surface area contributed by atoms with Gasteiger partial charge < -0.3 is 18.9 Å². The van der Waals surface area contributed by atoms with E-state index < -0.39 is 0 Å². The Labute approximate surface area is 112 Å². The fourth-order valence-electron chi connectivity index (χ4n) is 1.78. The quantitative estimate of drug-likeness (QED) is 0.482. The third-order valence-corrected chi connectivity index (χ3v) is 3.94.